The summed E-state index contributed by atoms with van der Waals surface area (Å²) in [5.41, 5.74) is 24.0. The number of Topliss-reactive ketones (excluding diaryl/α,β-unsaturated/α-hetero) is 3. The van der Waals surface area contributed by atoms with E-state index in [-0.39, 0.29) is 74.6 Å². The van der Waals surface area contributed by atoms with Crippen LogP contribution in [0.1, 0.15) is 156 Å². The van der Waals surface area contributed by atoms with Crippen LogP contribution in [-0.4, -0.2) is 254 Å². The molecule has 0 unspecified atom stereocenters. The molecule has 116 heavy (non-hydrogen) atoms. The van der Waals surface area contributed by atoms with Crippen molar-refractivity contribution in [1.82, 2.24) is 49.9 Å². The summed E-state index contributed by atoms with van der Waals surface area (Å²) in [4.78, 5) is 97.7. The maximum Gasteiger partial charge on any atom is 0.329 e. The number of anilines is 2. The van der Waals surface area contributed by atoms with E-state index in [1.54, 1.807) is 43.3 Å². The van der Waals surface area contributed by atoms with Crippen LogP contribution in [0.25, 0.3) is 33.4 Å². The molecule has 4 aliphatic rings. The fourth-order valence-electron chi connectivity index (χ4n) is 15.3. The third-order valence-corrected chi connectivity index (χ3v) is 22.2. The highest BCUT2D eigenvalue weighted by Crippen LogP contribution is 2.38. The number of aromatic nitrogens is 8. The first-order valence-electron chi connectivity index (χ1n) is 41.2. The number of methoxy groups -OCH3 is 1. The van der Waals surface area contributed by atoms with Gasteiger partial charge in [0.15, 0.2) is 17.0 Å². The molecule has 2 bridgehead atoms. The largest absolute Gasteiger partial charge is 0.459 e. The number of unbranched alkanes of at least 4 members (excludes halogenated alkanes) is 2. The molecule has 11 N–H and O–H groups in total. The number of piperidine rings is 1. The lowest BCUT2D eigenvalue weighted by molar-refractivity contribution is -0.265. The molecule has 640 valence electrons. The summed E-state index contributed by atoms with van der Waals surface area (Å²) in [6.45, 7) is 16.1. The maximum absolute atomic E-state index is 14.6. The number of ether oxygens (including phenoxy) is 9. The van der Waals surface area contributed by atoms with Gasteiger partial charge in [0.25, 0.3) is 17.7 Å². The van der Waals surface area contributed by atoms with Gasteiger partial charge in [0.05, 0.1) is 108 Å². The zero-order chi connectivity index (χ0) is 83.3. The lowest BCUT2D eigenvalue weighted by atomic mass is 9.80. The van der Waals surface area contributed by atoms with E-state index in [0.717, 1.165) is 41.0 Å². The van der Waals surface area contributed by atoms with Crippen molar-refractivity contribution in [2.24, 2.45) is 35.3 Å². The molecular formula is C83H123N13O20. The predicted octanol–water partition coefficient (Wildman–Crippen LogP) is 6.38. The van der Waals surface area contributed by atoms with Crippen molar-refractivity contribution in [1.29, 1.82) is 0 Å². The second kappa shape index (κ2) is 46.3. The first-order valence-corrected chi connectivity index (χ1v) is 41.2. The quantitative estimate of drug-likeness (QED) is 0.00957. The Labute approximate surface area is 678 Å². The van der Waals surface area contributed by atoms with Crippen molar-refractivity contribution in [2.45, 2.75) is 231 Å². The Morgan fingerprint density at radius 3 is 2.25 bits per heavy atom. The summed E-state index contributed by atoms with van der Waals surface area (Å²) in [6, 6.07) is 3.35. The van der Waals surface area contributed by atoms with Gasteiger partial charge < -0.3 is 94.9 Å². The first-order chi connectivity index (χ1) is 55.8. The highest BCUT2D eigenvalue weighted by Gasteiger charge is 2.53. The number of aryl methyl sites for hydroxylation is 2. The molecule has 0 spiro atoms. The van der Waals surface area contributed by atoms with Gasteiger partial charge >= 0.3 is 5.97 Å². The fourth-order valence-corrected chi connectivity index (χ4v) is 15.3. The number of carbonyl (C=O) groups excluding carboxylic acids is 6. The molecule has 3 aliphatic heterocycles. The maximum atomic E-state index is 14.6. The number of nitrogens with zero attached hydrogens (tertiary/aromatic N) is 9. The van der Waals surface area contributed by atoms with Crippen molar-refractivity contribution in [2.75, 3.05) is 104 Å². The van der Waals surface area contributed by atoms with E-state index in [1.807, 2.05) is 62.6 Å². The average molecular weight is 1620 g/mol. The first kappa shape index (κ1) is 91.7. The fraction of sp³-hybridized carbons (Fsp3) is 0.663. The van der Waals surface area contributed by atoms with Crippen LogP contribution in [0.3, 0.4) is 0 Å². The van der Waals surface area contributed by atoms with Gasteiger partial charge in [0.1, 0.15) is 53.5 Å². The van der Waals surface area contributed by atoms with E-state index in [4.69, 9.17) is 69.3 Å². The number of nitrogens with one attached hydrogen (secondary N) is 1. The Hall–Kier alpha value is -8.16. The smallest absolute Gasteiger partial charge is 0.329 e. The van der Waals surface area contributed by atoms with E-state index in [0.29, 0.717) is 184 Å². The van der Waals surface area contributed by atoms with Crippen LogP contribution < -0.4 is 22.5 Å². The molecular weight excluding hydrogens is 1500 g/mol. The predicted molar refractivity (Wildman–Crippen MR) is 429 cm³/mol. The highest BCUT2D eigenvalue weighted by molar-refractivity contribution is 6.39. The Morgan fingerprint density at radius 1 is 0.784 bits per heavy atom. The average Bonchev–Trinajstić information content (AvgIpc) is 1.54. The van der Waals surface area contributed by atoms with Crippen LogP contribution in [0.15, 0.2) is 82.7 Å². The second-order valence-electron chi connectivity index (χ2n) is 31.3. The lowest BCUT2D eigenvalue weighted by Gasteiger charge is -2.42. The third-order valence-electron chi connectivity index (χ3n) is 22.2. The Bertz CT molecular complexity index is 4110. The van der Waals surface area contributed by atoms with Gasteiger partial charge in [-0.3, -0.25) is 24.0 Å². The molecule has 9 rings (SSSR count). The van der Waals surface area contributed by atoms with Crippen molar-refractivity contribution in [3.8, 4) is 11.3 Å². The van der Waals surface area contributed by atoms with Gasteiger partial charge in [0, 0.05) is 88.2 Å². The number of cyclic esters (lactones) is 1. The number of hydrogen-bond donors (Lipinski definition) is 8. The Morgan fingerprint density at radius 2 is 1.52 bits per heavy atom. The summed E-state index contributed by atoms with van der Waals surface area (Å²) < 4.78 is 61.6. The number of esters is 1. The van der Waals surface area contributed by atoms with Gasteiger partial charge in [-0.25, -0.2) is 24.1 Å². The molecule has 33 nitrogen and oxygen atoms in total. The van der Waals surface area contributed by atoms with Crippen molar-refractivity contribution in [3.05, 3.63) is 84.0 Å². The molecule has 1 aliphatic carbocycles. The number of aliphatic hydroxyl groups is 4. The summed E-state index contributed by atoms with van der Waals surface area (Å²) in [6.07, 6.45) is 14.9. The SMILES string of the molecule is CO[C@H]1C[C@@H]2CC[C@@H](C)[C@@](O)(O2)C(=O)C(=O)N2CCCC[C@H]2C(=O)O[C@H]([C@H](N)C[C@@H]2CC[C@@H](OCCCCc3cn(CCOCCOCCOCCOCCOCCC(=O)NCCCCn4nc(-c5ccc6oc(N)nc6c5)c5c(N)ncnc54)nn3)[C@H](O)C2)CC(=O)[C@H](C)/C=C(\C)[C@@H](O)[C@@H](O)C(=O)[C@H](C)C[C@H](C)/C=C/C=CC=C1C. The molecule has 0 radical (unpaired) electrons. The van der Waals surface area contributed by atoms with E-state index >= 15 is 0 Å². The number of ketones is 3. The van der Waals surface area contributed by atoms with Gasteiger partial charge in [-0.05, 0) is 151 Å². The van der Waals surface area contributed by atoms with E-state index < -0.39 is 108 Å². The molecule has 7 heterocycles. The van der Waals surface area contributed by atoms with Crippen LogP contribution in [0.4, 0.5) is 11.8 Å². The zero-order valence-electron chi connectivity index (χ0n) is 68.3. The molecule has 1 saturated carbocycles. The lowest BCUT2D eigenvalue weighted by Crippen LogP contribution is -2.61. The van der Waals surface area contributed by atoms with Crippen LogP contribution >= 0.6 is 0 Å². The molecule has 33 heteroatoms. The zero-order valence-corrected chi connectivity index (χ0v) is 68.3. The standard InChI is InChI=1S/C83H123N13O20/c1-52-17-9-8-10-18-53(2)69(107-7)48-61-24-21-57(6)83(106,116-61)77(103)80(104)95-29-14-11-20-64(95)81(105)114-70(49-65(97)54(3)44-56(5)75(101)76(102)74(100)55(4)43-52)62(84)45-58-22-25-68(66(98)46-58)113-32-16-12-19-60-50-94(93-91-60)31-34-109-36-38-111-40-42-112-41-39-110-37-35-108-33-27-71(99)87-28-13-15-30-96-79-72(78(85)88-51-89-79)73(92-96)59-23-26-67-63(47-59)90-82(86)115-67/h8-10,17-18,23,26,44,47,50-52,54-55,57-58,61-62,64,66,68-70,75-76,98,101-102,106H,11-16,19-22,24-25,27-43,45-46,48-49,84H2,1-7H3,(H2,86,90)(H,87,99)(H2,85,88,89)/b10-8?,17-9+,53-18?,56-44+/t52-,54-,55-,57-,58+,61+,62-,64+,66-,68-,69+,70+,75-,76+,83-/m1/s1. The van der Waals surface area contributed by atoms with E-state index in [9.17, 15) is 49.2 Å². The number of amides is 2. The molecule has 15 atom stereocenters. The minimum absolute atomic E-state index is 0.0113. The molecule has 2 saturated heterocycles. The van der Waals surface area contributed by atoms with Gasteiger partial charge in [-0.1, -0.05) is 69.4 Å². The van der Waals surface area contributed by atoms with Crippen LogP contribution in [-0.2, 0) is 90.9 Å². The molecule has 2 amide bonds. The summed E-state index contributed by atoms with van der Waals surface area (Å²) >= 11 is 0. The van der Waals surface area contributed by atoms with Gasteiger partial charge in [-0.15, -0.1) is 5.10 Å². The summed E-state index contributed by atoms with van der Waals surface area (Å²) in [5.74, 6) is -8.95. The number of fused-ring (bicyclic) bond motifs is 5. The molecule has 4 aromatic heterocycles. The Balaban J connectivity index is 0.626. The number of nitrogen functional groups attached to an aromatic ring is 2. The number of hydrogen-bond acceptors (Lipinski definition) is 29. The van der Waals surface area contributed by atoms with Crippen molar-refractivity contribution >= 4 is 69.1 Å². The van der Waals surface area contributed by atoms with E-state index in [1.165, 1.54) is 19.3 Å². The number of rotatable bonds is 34. The third kappa shape index (κ3) is 26.9. The Kier molecular flexibility index (Phi) is 36.6. The van der Waals surface area contributed by atoms with Gasteiger partial charge in [0.2, 0.25) is 11.7 Å². The minimum atomic E-state index is -2.50. The monoisotopic (exact) mass is 1620 g/mol. The summed E-state index contributed by atoms with van der Waals surface area (Å²) in [5, 5.41) is 63.0. The number of allylic oxidation sites excluding steroid dienone is 6. The van der Waals surface area contributed by atoms with Crippen LogP contribution in [0, 0.1) is 29.6 Å². The number of oxazole rings is 1. The molecule has 3 fully saturated rings. The number of nitrogens with two attached hydrogens (primary N) is 3. The highest BCUT2D eigenvalue weighted by atomic mass is 16.6. The number of benzene rings is 1. The van der Waals surface area contributed by atoms with Crippen molar-refractivity contribution < 1.29 is 96.2 Å². The normalized spacial score (nSPS) is 27.2. The van der Waals surface area contributed by atoms with Crippen LogP contribution in [0.2, 0.25) is 0 Å². The van der Waals surface area contributed by atoms with E-state index in [2.05, 4.69) is 30.6 Å². The molecule has 5 aromatic rings. The van der Waals surface area contributed by atoms with Crippen molar-refractivity contribution in [3.63, 3.8) is 0 Å². The second-order valence-corrected chi connectivity index (χ2v) is 31.3. The minimum Gasteiger partial charge on any atom is -0.459 e. The van der Waals surface area contributed by atoms with Gasteiger partial charge in [-0.2, -0.15) is 10.1 Å². The summed E-state index contributed by atoms with van der Waals surface area (Å²) in [7, 11) is 1.55. The topological polar surface area (TPSA) is 460 Å². The number of carbonyl (C=O) groups is 6. The number of aliphatic hydroxyl groups excluding tert-OH is 3. The molecule has 1 aromatic carbocycles. The van der Waals surface area contributed by atoms with Crippen LogP contribution in [0.5, 0.6) is 0 Å².